The Labute approximate surface area is 156 Å². The zero-order chi connectivity index (χ0) is 20.1. The third-order valence-electron chi connectivity index (χ3n) is 4.08. The minimum absolute atomic E-state index is 0.111. The van der Waals surface area contributed by atoms with Crippen LogP contribution in [0.1, 0.15) is 24.5 Å². The predicted molar refractivity (Wildman–Crippen MR) is 96.7 cm³/mol. The molecule has 0 saturated carbocycles. The van der Waals surface area contributed by atoms with Crippen LogP contribution >= 0.6 is 0 Å². The van der Waals surface area contributed by atoms with Crippen molar-refractivity contribution in [2.75, 3.05) is 25.0 Å². The van der Waals surface area contributed by atoms with E-state index in [1.165, 1.54) is 0 Å². The van der Waals surface area contributed by atoms with Crippen LogP contribution in [-0.2, 0) is 19.2 Å². The first-order valence-corrected chi connectivity index (χ1v) is 8.56. The highest BCUT2D eigenvalue weighted by Crippen LogP contribution is 2.19. The van der Waals surface area contributed by atoms with Gasteiger partial charge in [-0.3, -0.25) is 24.1 Å². The van der Waals surface area contributed by atoms with E-state index >= 15 is 0 Å². The number of nitrogens with one attached hydrogen (secondary N) is 2. The quantitative estimate of drug-likeness (QED) is 0.534. The van der Waals surface area contributed by atoms with Crippen molar-refractivity contribution in [2.24, 2.45) is 0 Å². The Balaban J connectivity index is 1.89. The summed E-state index contributed by atoms with van der Waals surface area (Å²) >= 11 is 0. The predicted octanol–water partition coefficient (Wildman–Crippen LogP) is 0.559. The van der Waals surface area contributed by atoms with Crippen molar-refractivity contribution in [1.29, 1.82) is 0 Å². The molecule has 9 heteroatoms. The zero-order valence-corrected chi connectivity index (χ0v) is 15.5. The number of anilines is 1. The van der Waals surface area contributed by atoms with Gasteiger partial charge in [-0.2, -0.15) is 0 Å². The number of urea groups is 1. The van der Waals surface area contributed by atoms with Gasteiger partial charge in [0.2, 0.25) is 11.8 Å². The summed E-state index contributed by atoms with van der Waals surface area (Å²) < 4.78 is 0. The van der Waals surface area contributed by atoms with Gasteiger partial charge < -0.3 is 10.6 Å². The molecule has 144 valence electrons. The van der Waals surface area contributed by atoms with Gasteiger partial charge in [-0.15, -0.1) is 0 Å². The molecular weight excluding hydrogens is 352 g/mol. The third kappa shape index (κ3) is 4.49. The maximum atomic E-state index is 12.1. The van der Waals surface area contributed by atoms with Crippen molar-refractivity contribution in [1.82, 2.24) is 15.1 Å². The van der Waals surface area contributed by atoms with Crippen LogP contribution in [0.25, 0.3) is 0 Å². The zero-order valence-electron chi connectivity index (χ0n) is 15.5. The summed E-state index contributed by atoms with van der Waals surface area (Å²) in [4.78, 5) is 61.1. The van der Waals surface area contributed by atoms with E-state index in [0.29, 0.717) is 17.0 Å². The average Bonchev–Trinajstić information content (AvgIpc) is 2.81. The SMILES string of the molecule is CCCN1C(=O)C(=O)N(CC(=O)NCC(=O)Nc2c(C)cccc2C)C1=O. The summed E-state index contributed by atoms with van der Waals surface area (Å²) in [6, 6.07) is 4.76. The maximum absolute atomic E-state index is 12.1. The third-order valence-corrected chi connectivity index (χ3v) is 4.08. The number of carbonyl (C=O) groups is 5. The molecule has 6 amide bonds. The second-order valence-electron chi connectivity index (χ2n) is 6.22. The molecule has 1 heterocycles. The van der Waals surface area contributed by atoms with Crippen molar-refractivity contribution >= 4 is 35.3 Å². The minimum Gasteiger partial charge on any atom is -0.345 e. The van der Waals surface area contributed by atoms with Gasteiger partial charge in [0.1, 0.15) is 6.54 Å². The van der Waals surface area contributed by atoms with Gasteiger partial charge in [-0.05, 0) is 31.4 Å². The largest absolute Gasteiger partial charge is 0.345 e. The highest BCUT2D eigenvalue weighted by Gasteiger charge is 2.44. The molecule has 2 N–H and O–H groups in total. The number of aryl methyl sites for hydroxylation is 2. The Bertz CT molecular complexity index is 785. The molecule has 0 unspecified atom stereocenters. The van der Waals surface area contributed by atoms with Crippen molar-refractivity contribution < 1.29 is 24.0 Å². The van der Waals surface area contributed by atoms with Crippen LogP contribution in [0.3, 0.4) is 0 Å². The summed E-state index contributed by atoms with van der Waals surface area (Å²) in [5.41, 5.74) is 2.44. The molecule has 1 aliphatic heterocycles. The van der Waals surface area contributed by atoms with E-state index in [0.717, 1.165) is 16.0 Å². The van der Waals surface area contributed by atoms with Crippen molar-refractivity contribution in [3.63, 3.8) is 0 Å². The van der Waals surface area contributed by atoms with E-state index in [2.05, 4.69) is 10.6 Å². The van der Waals surface area contributed by atoms with Crippen LogP contribution in [-0.4, -0.2) is 59.1 Å². The topological polar surface area (TPSA) is 116 Å². The molecule has 1 aromatic rings. The Morgan fingerprint density at radius 3 is 2.15 bits per heavy atom. The number of rotatable bonds is 7. The highest BCUT2D eigenvalue weighted by atomic mass is 16.2. The lowest BCUT2D eigenvalue weighted by Crippen LogP contribution is -2.43. The Kier molecular flexibility index (Phi) is 6.27. The molecule has 0 radical (unpaired) electrons. The molecule has 9 nitrogen and oxygen atoms in total. The van der Waals surface area contributed by atoms with E-state index in [4.69, 9.17) is 0 Å². The van der Waals surface area contributed by atoms with Crippen molar-refractivity contribution in [2.45, 2.75) is 27.2 Å². The second-order valence-corrected chi connectivity index (χ2v) is 6.22. The average molecular weight is 374 g/mol. The van der Waals surface area contributed by atoms with E-state index < -0.39 is 36.2 Å². The lowest BCUT2D eigenvalue weighted by atomic mass is 10.1. The number of carbonyl (C=O) groups excluding carboxylic acids is 5. The van der Waals surface area contributed by atoms with E-state index in [9.17, 15) is 24.0 Å². The Morgan fingerprint density at radius 2 is 1.56 bits per heavy atom. The van der Waals surface area contributed by atoms with Gasteiger partial charge in [0.05, 0.1) is 6.54 Å². The van der Waals surface area contributed by atoms with Crippen LogP contribution < -0.4 is 10.6 Å². The number of hydrogen-bond acceptors (Lipinski definition) is 5. The molecule has 1 aliphatic rings. The molecule has 0 aromatic heterocycles. The first-order valence-electron chi connectivity index (χ1n) is 8.56. The number of para-hydroxylation sites is 1. The number of hydrogen-bond donors (Lipinski definition) is 2. The molecule has 27 heavy (non-hydrogen) atoms. The Hall–Kier alpha value is -3.23. The van der Waals surface area contributed by atoms with Gasteiger partial charge in [0.25, 0.3) is 0 Å². The van der Waals surface area contributed by atoms with Gasteiger partial charge >= 0.3 is 17.8 Å². The summed E-state index contributed by atoms with van der Waals surface area (Å²) in [5.74, 6) is -3.13. The summed E-state index contributed by atoms with van der Waals surface area (Å²) in [6.45, 7) is 4.64. The summed E-state index contributed by atoms with van der Waals surface area (Å²) in [7, 11) is 0. The lowest BCUT2D eigenvalue weighted by Gasteiger charge is -2.15. The Morgan fingerprint density at radius 1 is 0.963 bits per heavy atom. The van der Waals surface area contributed by atoms with Gasteiger partial charge in [0, 0.05) is 12.2 Å². The molecule has 2 rings (SSSR count). The molecule has 0 bridgehead atoms. The summed E-state index contributed by atoms with van der Waals surface area (Å²) in [6.07, 6.45) is 0.503. The van der Waals surface area contributed by atoms with Crippen LogP contribution in [0.15, 0.2) is 18.2 Å². The summed E-state index contributed by atoms with van der Waals surface area (Å²) in [5, 5.41) is 5.06. The lowest BCUT2D eigenvalue weighted by molar-refractivity contribution is -0.144. The number of benzene rings is 1. The van der Waals surface area contributed by atoms with E-state index in [1.807, 2.05) is 32.0 Å². The first-order chi connectivity index (χ1) is 12.8. The fourth-order valence-corrected chi connectivity index (χ4v) is 2.68. The molecule has 0 atom stereocenters. The number of nitrogens with zero attached hydrogens (tertiary/aromatic N) is 2. The smallest absolute Gasteiger partial charge is 0.334 e. The van der Waals surface area contributed by atoms with E-state index in [-0.39, 0.29) is 13.1 Å². The standard InChI is InChI=1S/C18H22N4O5/c1-4-8-21-16(25)17(26)22(18(21)27)10-14(24)19-9-13(23)20-15-11(2)6-5-7-12(15)3/h5-7H,4,8-10H2,1-3H3,(H,19,24)(H,20,23). The van der Waals surface area contributed by atoms with Crippen molar-refractivity contribution in [3.8, 4) is 0 Å². The molecule has 0 spiro atoms. The molecule has 0 aliphatic carbocycles. The first kappa shape index (κ1) is 20.1. The van der Waals surface area contributed by atoms with Gasteiger partial charge in [-0.25, -0.2) is 9.69 Å². The minimum atomic E-state index is -1.04. The monoisotopic (exact) mass is 374 g/mol. The van der Waals surface area contributed by atoms with Gasteiger partial charge in [-0.1, -0.05) is 25.1 Å². The number of amides is 6. The van der Waals surface area contributed by atoms with E-state index in [1.54, 1.807) is 6.92 Å². The van der Waals surface area contributed by atoms with Crippen LogP contribution in [0.2, 0.25) is 0 Å². The molecule has 1 aromatic carbocycles. The molecule has 1 saturated heterocycles. The maximum Gasteiger partial charge on any atom is 0.334 e. The highest BCUT2D eigenvalue weighted by molar-refractivity contribution is 6.45. The fourth-order valence-electron chi connectivity index (χ4n) is 2.68. The van der Waals surface area contributed by atoms with Gasteiger partial charge in [0.15, 0.2) is 0 Å². The van der Waals surface area contributed by atoms with Crippen molar-refractivity contribution in [3.05, 3.63) is 29.3 Å². The van der Waals surface area contributed by atoms with Crippen LogP contribution in [0.5, 0.6) is 0 Å². The van der Waals surface area contributed by atoms with Crippen LogP contribution in [0.4, 0.5) is 10.5 Å². The molecule has 1 fully saturated rings. The second kappa shape index (κ2) is 8.43. The van der Waals surface area contributed by atoms with Crippen LogP contribution in [0, 0.1) is 13.8 Å². The molecular formula is C18H22N4O5. The normalized spacial score (nSPS) is 14.0. The fraction of sp³-hybridized carbons (Fsp3) is 0.389. The number of imide groups is 2.